The Morgan fingerprint density at radius 3 is 2.76 bits per heavy atom. The van der Waals surface area contributed by atoms with Gasteiger partial charge in [0.2, 0.25) is 0 Å². The minimum Gasteiger partial charge on any atom is -0.492 e. The molecule has 0 heterocycles. The van der Waals surface area contributed by atoms with Crippen LogP contribution in [0.5, 0.6) is 5.75 Å². The molecule has 0 bridgehead atoms. The molecule has 0 aromatic heterocycles. The van der Waals surface area contributed by atoms with E-state index in [-0.39, 0.29) is 5.91 Å². The van der Waals surface area contributed by atoms with E-state index in [0.717, 1.165) is 9.99 Å². The molecule has 110 valence electrons. The van der Waals surface area contributed by atoms with Gasteiger partial charge in [0.05, 0.1) is 11.6 Å². The fourth-order valence-corrected chi connectivity index (χ4v) is 2.52. The predicted octanol–water partition coefficient (Wildman–Crippen LogP) is 4.99. The number of benzene rings is 2. The fraction of sp³-hybridized carbons (Fsp3) is 0.188. The van der Waals surface area contributed by atoms with Gasteiger partial charge in [-0.25, -0.2) is 0 Å². The standard InChI is InChI=1S/C16H15ClINO2/c1-2-8-21-15-7-6-13(10-14(15)17)19-16(20)11-4-3-5-12(18)9-11/h3-7,9-10H,2,8H2,1H3,(H,19,20). The van der Waals surface area contributed by atoms with Crippen molar-refractivity contribution in [3.05, 3.63) is 56.6 Å². The zero-order valence-electron chi connectivity index (χ0n) is 11.5. The molecule has 0 atom stereocenters. The molecule has 0 aliphatic heterocycles. The van der Waals surface area contributed by atoms with Crippen molar-refractivity contribution < 1.29 is 9.53 Å². The number of hydrogen-bond acceptors (Lipinski definition) is 2. The molecule has 21 heavy (non-hydrogen) atoms. The summed E-state index contributed by atoms with van der Waals surface area (Å²) in [5.74, 6) is 0.470. The number of hydrogen-bond donors (Lipinski definition) is 1. The average molecular weight is 416 g/mol. The number of carbonyl (C=O) groups is 1. The summed E-state index contributed by atoms with van der Waals surface area (Å²) in [6.45, 7) is 2.65. The molecule has 0 aliphatic rings. The monoisotopic (exact) mass is 415 g/mol. The average Bonchev–Trinajstić information content (AvgIpc) is 2.46. The Bertz CT molecular complexity index is 646. The van der Waals surface area contributed by atoms with Crippen LogP contribution in [0.4, 0.5) is 5.69 Å². The van der Waals surface area contributed by atoms with Crippen LogP contribution in [0, 0.1) is 3.57 Å². The van der Waals surface area contributed by atoms with E-state index in [1.54, 1.807) is 24.3 Å². The number of amides is 1. The van der Waals surface area contributed by atoms with Gasteiger partial charge in [0, 0.05) is 14.8 Å². The zero-order chi connectivity index (χ0) is 15.2. The first-order valence-corrected chi connectivity index (χ1v) is 8.05. The van der Waals surface area contributed by atoms with Crippen molar-refractivity contribution in [2.45, 2.75) is 13.3 Å². The van der Waals surface area contributed by atoms with Crippen molar-refractivity contribution in [3.8, 4) is 5.75 Å². The number of halogens is 2. The second-order valence-corrected chi connectivity index (χ2v) is 6.11. The molecule has 3 nitrogen and oxygen atoms in total. The van der Waals surface area contributed by atoms with E-state index in [2.05, 4.69) is 27.9 Å². The third kappa shape index (κ3) is 4.61. The van der Waals surface area contributed by atoms with Crippen LogP contribution in [0.25, 0.3) is 0 Å². The quantitative estimate of drug-likeness (QED) is 0.699. The molecule has 5 heteroatoms. The summed E-state index contributed by atoms with van der Waals surface area (Å²) < 4.78 is 6.52. The second-order valence-electron chi connectivity index (χ2n) is 4.46. The van der Waals surface area contributed by atoms with Gasteiger partial charge < -0.3 is 10.1 Å². The van der Waals surface area contributed by atoms with Crippen molar-refractivity contribution in [2.24, 2.45) is 0 Å². The lowest BCUT2D eigenvalue weighted by molar-refractivity contribution is 0.102. The van der Waals surface area contributed by atoms with E-state index in [1.165, 1.54) is 0 Å². The lowest BCUT2D eigenvalue weighted by Gasteiger charge is -2.10. The van der Waals surface area contributed by atoms with Crippen molar-refractivity contribution >= 4 is 45.8 Å². The third-order valence-corrected chi connectivity index (χ3v) is 3.70. The highest BCUT2D eigenvalue weighted by molar-refractivity contribution is 14.1. The third-order valence-electron chi connectivity index (χ3n) is 2.74. The van der Waals surface area contributed by atoms with Gasteiger partial charge in [0.15, 0.2) is 0 Å². The molecule has 0 radical (unpaired) electrons. The van der Waals surface area contributed by atoms with E-state index < -0.39 is 0 Å². The number of carbonyl (C=O) groups excluding carboxylic acids is 1. The minimum absolute atomic E-state index is 0.160. The van der Waals surface area contributed by atoms with E-state index in [1.807, 2.05) is 25.1 Å². The predicted molar refractivity (Wildman–Crippen MR) is 94.4 cm³/mol. The minimum atomic E-state index is -0.160. The highest BCUT2D eigenvalue weighted by atomic mass is 127. The molecular weight excluding hydrogens is 401 g/mol. The molecule has 0 saturated carbocycles. The van der Waals surface area contributed by atoms with Crippen molar-refractivity contribution in [1.82, 2.24) is 0 Å². The number of ether oxygens (including phenoxy) is 1. The van der Waals surface area contributed by atoms with Gasteiger partial charge in [-0.05, 0) is 65.4 Å². The number of rotatable bonds is 5. The maximum atomic E-state index is 12.1. The summed E-state index contributed by atoms with van der Waals surface area (Å²) in [6.07, 6.45) is 0.918. The maximum Gasteiger partial charge on any atom is 0.255 e. The van der Waals surface area contributed by atoms with Crippen LogP contribution in [-0.4, -0.2) is 12.5 Å². The molecule has 0 saturated heterocycles. The van der Waals surface area contributed by atoms with E-state index in [4.69, 9.17) is 16.3 Å². The van der Waals surface area contributed by atoms with Gasteiger partial charge in [-0.2, -0.15) is 0 Å². The molecule has 0 fully saturated rings. The highest BCUT2D eigenvalue weighted by Crippen LogP contribution is 2.28. The van der Waals surface area contributed by atoms with Gasteiger partial charge in [0.1, 0.15) is 5.75 Å². The Morgan fingerprint density at radius 2 is 2.10 bits per heavy atom. The summed E-state index contributed by atoms with van der Waals surface area (Å²) in [5, 5.41) is 3.32. The van der Waals surface area contributed by atoms with Crippen LogP contribution < -0.4 is 10.1 Å². The molecule has 2 aromatic carbocycles. The van der Waals surface area contributed by atoms with Crippen molar-refractivity contribution in [1.29, 1.82) is 0 Å². The second kappa shape index (κ2) is 7.66. The topological polar surface area (TPSA) is 38.3 Å². The largest absolute Gasteiger partial charge is 0.492 e. The first-order chi connectivity index (χ1) is 10.1. The lowest BCUT2D eigenvalue weighted by Crippen LogP contribution is -2.12. The zero-order valence-corrected chi connectivity index (χ0v) is 14.4. The molecule has 1 amide bonds. The smallest absolute Gasteiger partial charge is 0.255 e. The van der Waals surface area contributed by atoms with Gasteiger partial charge >= 0.3 is 0 Å². The van der Waals surface area contributed by atoms with Crippen LogP contribution >= 0.6 is 34.2 Å². The van der Waals surface area contributed by atoms with Crippen LogP contribution in [0.15, 0.2) is 42.5 Å². The molecule has 2 aromatic rings. The molecule has 2 rings (SSSR count). The Labute approximate surface area is 142 Å². The summed E-state index contributed by atoms with van der Waals surface area (Å²) in [5.41, 5.74) is 1.26. The molecule has 1 N–H and O–H groups in total. The van der Waals surface area contributed by atoms with Crippen LogP contribution in [0.2, 0.25) is 5.02 Å². The Morgan fingerprint density at radius 1 is 1.29 bits per heavy atom. The van der Waals surface area contributed by atoms with Crippen LogP contribution in [-0.2, 0) is 0 Å². The van der Waals surface area contributed by atoms with Crippen molar-refractivity contribution in [2.75, 3.05) is 11.9 Å². The normalized spacial score (nSPS) is 10.2. The van der Waals surface area contributed by atoms with Crippen LogP contribution in [0.3, 0.4) is 0 Å². The van der Waals surface area contributed by atoms with Gasteiger partial charge in [0.25, 0.3) is 5.91 Å². The summed E-state index contributed by atoms with van der Waals surface area (Å²) >= 11 is 8.32. The molecule has 0 aliphatic carbocycles. The first kappa shape index (κ1) is 16.1. The lowest BCUT2D eigenvalue weighted by atomic mass is 10.2. The van der Waals surface area contributed by atoms with Crippen LogP contribution in [0.1, 0.15) is 23.7 Å². The van der Waals surface area contributed by atoms with E-state index in [9.17, 15) is 4.79 Å². The SMILES string of the molecule is CCCOc1ccc(NC(=O)c2cccc(I)c2)cc1Cl. The van der Waals surface area contributed by atoms with Gasteiger partial charge in [-0.15, -0.1) is 0 Å². The maximum absolute atomic E-state index is 12.1. The Balaban J connectivity index is 2.09. The Hall–Kier alpha value is -1.27. The Kier molecular flexibility index (Phi) is 5.87. The summed E-state index contributed by atoms with van der Waals surface area (Å²) in [7, 11) is 0. The van der Waals surface area contributed by atoms with E-state index >= 15 is 0 Å². The summed E-state index contributed by atoms with van der Waals surface area (Å²) in [4.78, 5) is 12.1. The van der Waals surface area contributed by atoms with Gasteiger partial charge in [-0.1, -0.05) is 24.6 Å². The fourth-order valence-electron chi connectivity index (χ4n) is 1.74. The number of nitrogens with one attached hydrogen (secondary N) is 1. The number of anilines is 1. The first-order valence-electron chi connectivity index (χ1n) is 6.59. The molecular formula is C16H15ClINO2. The molecule has 0 spiro atoms. The van der Waals surface area contributed by atoms with Crippen molar-refractivity contribution in [3.63, 3.8) is 0 Å². The molecule has 0 unspecified atom stereocenters. The summed E-state index contributed by atoms with van der Waals surface area (Å²) in [6, 6.07) is 12.6. The van der Waals surface area contributed by atoms with Gasteiger partial charge in [-0.3, -0.25) is 4.79 Å². The highest BCUT2D eigenvalue weighted by Gasteiger charge is 2.08. The van der Waals surface area contributed by atoms with E-state index in [0.29, 0.717) is 28.6 Å².